The number of aryl methyl sites for hydroxylation is 1. The number of rotatable bonds is 9. The summed E-state index contributed by atoms with van der Waals surface area (Å²) >= 11 is 0. The van der Waals surface area contributed by atoms with Crippen LogP contribution in [0, 0.1) is 5.92 Å². The molecule has 2 aromatic carbocycles. The molecular formula is C22H29NO3. The lowest BCUT2D eigenvalue weighted by Gasteiger charge is -2.22. The first-order valence-corrected chi connectivity index (χ1v) is 9.07. The summed E-state index contributed by atoms with van der Waals surface area (Å²) in [5.41, 5.74) is 2.32. The predicted molar refractivity (Wildman–Crippen MR) is 105 cm³/mol. The van der Waals surface area contributed by atoms with Crippen LogP contribution >= 0.6 is 0 Å². The number of carbonyl (C=O) groups excluding carboxylic acids is 1. The van der Waals surface area contributed by atoms with Crippen molar-refractivity contribution >= 4 is 5.91 Å². The van der Waals surface area contributed by atoms with E-state index in [0.717, 1.165) is 5.56 Å². The van der Waals surface area contributed by atoms with Crippen molar-refractivity contribution in [2.45, 2.75) is 32.6 Å². The Balaban J connectivity index is 1.88. The Labute approximate surface area is 156 Å². The molecule has 0 radical (unpaired) electrons. The number of carbonyl (C=O) groups is 1. The van der Waals surface area contributed by atoms with Crippen molar-refractivity contribution in [3.63, 3.8) is 0 Å². The zero-order valence-corrected chi connectivity index (χ0v) is 16.1. The molecule has 4 nitrogen and oxygen atoms in total. The van der Waals surface area contributed by atoms with Crippen LogP contribution in [0.1, 0.15) is 37.3 Å². The lowest BCUT2D eigenvalue weighted by molar-refractivity contribution is -0.121. The van der Waals surface area contributed by atoms with Gasteiger partial charge in [0.15, 0.2) is 11.5 Å². The maximum Gasteiger partial charge on any atom is 0.220 e. The van der Waals surface area contributed by atoms with Crippen LogP contribution in [-0.4, -0.2) is 26.7 Å². The third-order valence-electron chi connectivity index (χ3n) is 4.64. The molecule has 0 bridgehead atoms. The first-order valence-electron chi connectivity index (χ1n) is 9.07. The van der Waals surface area contributed by atoms with Crippen LogP contribution in [-0.2, 0) is 11.2 Å². The van der Waals surface area contributed by atoms with Gasteiger partial charge in [0, 0.05) is 18.9 Å². The number of benzene rings is 2. The summed E-state index contributed by atoms with van der Waals surface area (Å²) in [6.07, 6.45) is 1.12. The number of amides is 1. The lowest BCUT2D eigenvalue weighted by atomic mass is 9.88. The van der Waals surface area contributed by atoms with Gasteiger partial charge in [0.1, 0.15) is 0 Å². The molecule has 0 saturated heterocycles. The van der Waals surface area contributed by atoms with Crippen LogP contribution < -0.4 is 14.8 Å². The fraction of sp³-hybridized carbons (Fsp3) is 0.409. The first-order chi connectivity index (χ1) is 12.5. The van der Waals surface area contributed by atoms with E-state index in [1.807, 2.05) is 36.4 Å². The average Bonchev–Trinajstić information content (AvgIpc) is 2.66. The summed E-state index contributed by atoms with van der Waals surface area (Å²) in [4.78, 5) is 12.3. The van der Waals surface area contributed by atoms with Crippen molar-refractivity contribution in [2.24, 2.45) is 5.92 Å². The molecule has 1 atom stereocenters. The van der Waals surface area contributed by atoms with Gasteiger partial charge < -0.3 is 14.8 Å². The quantitative estimate of drug-likeness (QED) is 0.733. The zero-order valence-electron chi connectivity index (χ0n) is 16.1. The molecule has 0 aromatic heterocycles. The number of hydrogen-bond donors (Lipinski definition) is 1. The molecule has 26 heavy (non-hydrogen) atoms. The molecule has 1 N–H and O–H groups in total. The summed E-state index contributed by atoms with van der Waals surface area (Å²) in [7, 11) is 3.23. The molecule has 0 spiro atoms. The maximum absolute atomic E-state index is 12.3. The topological polar surface area (TPSA) is 47.6 Å². The van der Waals surface area contributed by atoms with Crippen molar-refractivity contribution in [3.05, 3.63) is 59.7 Å². The van der Waals surface area contributed by atoms with Gasteiger partial charge in [0.25, 0.3) is 0 Å². The van der Waals surface area contributed by atoms with Crippen LogP contribution in [0.3, 0.4) is 0 Å². The van der Waals surface area contributed by atoms with Crippen LogP contribution in [0.4, 0.5) is 0 Å². The second-order valence-electron chi connectivity index (χ2n) is 6.75. The van der Waals surface area contributed by atoms with Gasteiger partial charge in [0.05, 0.1) is 14.2 Å². The fourth-order valence-electron chi connectivity index (χ4n) is 3.04. The normalized spacial score (nSPS) is 11.9. The molecule has 1 amide bonds. The Bertz CT molecular complexity index is 698. The van der Waals surface area contributed by atoms with Gasteiger partial charge in [-0.1, -0.05) is 50.2 Å². The third kappa shape index (κ3) is 5.51. The van der Waals surface area contributed by atoms with E-state index >= 15 is 0 Å². The Morgan fingerprint density at radius 3 is 2.31 bits per heavy atom. The zero-order chi connectivity index (χ0) is 18.9. The van der Waals surface area contributed by atoms with Crippen molar-refractivity contribution < 1.29 is 14.3 Å². The SMILES string of the molecule is COc1ccc(CCC(=O)NCC(c2ccccc2)C(C)C)cc1OC. The maximum atomic E-state index is 12.3. The summed E-state index contributed by atoms with van der Waals surface area (Å²) < 4.78 is 10.6. The molecule has 2 rings (SSSR count). The molecule has 1 unspecified atom stereocenters. The number of ether oxygens (including phenoxy) is 2. The monoisotopic (exact) mass is 355 g/mol. The van der Waals surface area contributed by atoms with Gasteiger partial charge in [-0.3, -0.25) is 4.79 Å². The van der Waals surface area contributed by atoms with Crippen molar-refractivity contribution in [1.29, 1.82) is 0 Å². The highest BCUT2D eigenvalue weighted by molar-refractivity contribution is 5.76. The third-order valence-corrected chi connectivity index (χ3v) is 4.64. The molecule has 0 aliphatic heterocycles. The molecule has 0 heterocycles. The highest BCUT2D eigenvalue weighted by Crippen LogP contribution is 2.28. The highest BCUT2D eigenvalue weighted by atomic mass is 16.5. The van der Waals surface area contributed by atoms with E-state index in [9.17, 15) is 4.79 Å². The lowest BCUT2D eigenvalue weighted by Crippen LogP contribution is -2.30. The number of hydrogen-bond acceptors (Lipinski definition) is 3. The molecule has 4 heteroatoms. The largest absolute Gasteiger partial charge is 0.493 e. The van der Waals surface area contributed by atoms with Gasteiger partial charge in [0.2, 0.25) is 5.91 Å². The van der Waals surface area contributed by atoms with E-state index in [2.05, 4.69) is 31.3 Å². The Kier molecular flexibility index (Phi) is 7.52. The van der Waals surface area contributed by atoms with Crippen molar-refractivity contribution in [2.75, 3.05) is 20.8 Å². The standard InChI is InChI=1S/C22H29NO3/c1-16(2)19(18-8-6-5-7-9-18)15-23-22(24)13-11-17-10-12-20(25-3)21(14-17)26-4/h5-10,12,14,16,19H,11,13,15H2,1-4H3,(H,23,24). The van der Waals surface area contributed by atoms with Gasteiger partial charge in [-0.25, -0.2) is 0 Å². The minimum Gasteiger partial charge on any atom is -0.493 e. The van der Waals surface area contributed by atoms with Crippen molar-refractivity contribution in [3.8, 4) is 11.5 Å². The van der Waals surface area contributed by atoms with Gasteiger partial charge >= 0.3 is 0 Å². The Morgan fingerprint density at radius 2 is 1.69 bits per heavy atom. The number of methoxy groups -OCH3 is 2. The van der Waals surface area contributed by atoms with E-state index in [1.165, 1.54) is 5.56 Å². The van der Waals surface area contributed by atoms with E-state index in [1.54, 1.807) is 14.2 Å². The molecule has 0 aliphatic rings. The van der Waals surface area contributed by atoms with Crippen LogP contribution in [0.2, 0.25) is 0 Å². The molecular weight excluding hydrogens is 326 g/mol. The molecule has 2 aromatic rings. The van der Waals surface area contributed by atoms with Crippen LogP contribution in [0.15, 0.2) is 48.5 Å². The van der Waals surface area contributed by atoms with Crippen LogP contribution in [0.25, 0.3) is 0 Å². The van der Waals surface area contributed by atoms with E-state index in [-0.39, 0.29) is 5.91 Å². The number of nitrogens with one attached hydrogen (secondary N) is 1. The van der Waals surface area contributed by atoms with E-state index in [4.69, 9.17) is 9.47 Å². The summed E-state index contributed by atoms with van der Waals surface area (Å²) in [5.74, 6) is 2.24. The minimum atomic E-state index is 0.0707. The van der Waals surface area contributed by atoms with Crippen LogP contribution in [0.5, 0.6) is 11.5 Å². The second kappa shape index (κ2) is 9.85. The highest BCUT2D eigenvalue weighted by Gasteiger charge is 2.16. The average molecular weight is 355 g/mol. The van der Waals surface area contributed by atoms with Gasteiger partial charge in [-0.2, -0.15) is 0 Å². The van der Waals surface area contributed by atoms with Gasteiger partial charge in [-0.05, 0) is 35.6 Å². The molecule has 0 aliphatic carbocycles. The van der Waals surface area contributed by atoms with Gasteiger partial charge in [-0.15, -0.1) is 0 Å². The Hall–Kier alpha value is -2.49. The first kappa shape index (κ1) is 19.8. The Morgan fingerprint density at radius 1 is 1.00 bits per heavy atom. The fourth-order valence-corrected chi connectivity index (χ4v) is 3.04. The summed E-state index contributed by atoms with van der Waals surface area (Å²) in [6, 6.07) is 16.1. The minimum absolute atomic E-state index is 0.0707. The smallest absolute Gasteiger partial charge is 0.220 e. The molecule has 140 valence electrons. The van der Waals surface area contributed by atoms with E-state index < -0.39 is 0 Å². The van der Waals surface area contributed by atoms with E-state index in [0.29, 0.717) is 42.7 Å². The second-order valence-corrected chi connectivity index (χ2v) is 6.75. The molecule has 0 saturated carbocycles. The predicted octanol–water partition coefficient (Wildman–Crippen LogP) is 4.19. The van der Waals surface area contributed by atoms with Crippen molar-refractivity contribution in [1.82, 2.24) is 5.32 Å². The molecule has 0 fully saturated rings. The summed E-state index contributed by atoms with van der Waals surface area (Å²) in [6.45, 7) is 5.04. The summed E-state index contributed by atoms with van der Waals surface area (Å²) in [5, 5.41) is 3.09.